The van der Waals surface area contributed by atoms with Gasteiger partial charge in [-0.3, -0.25) is 20.4 Å². The fourth-order valence-electron chi connectivity index (χ4n) is 2.44. The maximum Gasteiger partial charge on any atom is 0.279 e. The summed E-state index contributed by atoms with van der Waals surface area (Å²) < 4.78 is 37.5. The first-order valence-corrected chi connectivity index (χ1v) is 8.97. The minimum atomic E-state index is -0.923. The summed E-state index contributed by atoms with van der Waals surface area (Å²) in [6.07, 6.45) is 1.60. The van der Waals surface area contributed by atoms with Gasteiger partial charge in [0.15, 0.2) is 6.10 Å². The summed E-state index contributed by atoms with van der Waals surface area (Å²) in [5, 5.41) is 0. The Hall–Kier alpha value is -3.94. The molecule has 8 heteroatoms. The SMILES string of the molecule is C[C@H](Oc1ccc(F)cc1)C(=O)NNC(=O)/C=C/c1ccc(-c2ccccc2F)o1. The summed E-state index contributed by atoms with van der Waals surface area (Å²) in [5.41, 5.74) is 4.74. The van der Waals surface area contributed by atoms with E-state index in [9.17, 15) is 18.4 Å². The minimum Gasteiger partial charge on any atom is -0.481 e. The summed E-state index contributed by atoms with van der Waals surface area (Å²) in [7, 11) is 0. The van der Waals surface area contributed by atoms with Crippen LogP contribution in [-0.4, -0.2) is 17.9 Å². The molecular weight excluding hydrogens is 394 g/mol. The molecule has 2 N–H and O–H groups in total. The molecule has 0 saturated carbocycles. The number of rotatable bonds is 6. The van der Waals surface area contributed by atoms with Crippen molar-refractivity contribution in [1.82, 2.24) is 10.9 Å². The standard InChI is InChI=1S/C22H18F2N2O4/c1-14(29-16-8-6-15(23)7-9-16)22(28)26-25-21(27)13-11-17-10-12-20(30-17)18-4-2-3-5-19(18)24/h2-14H,1H3,(H,25,27)(H,26,28)/b13-11+/t14-/m0/s1. The van der Waals surface area contributed by atoms with Gasteiger partial charge in [0.05, 0.1) is 5.56 Å². The van der Waals surface area contributed by atoms with Crippen LogP contribution >= 0.6 is 0 Å². The van der Waals surface area contributed by atoms with Crippen LogP contribution < -0.4 is 15.6 Å². The van der Waals surface area contributed by atoms with E-state index in [0.717, 1.165) is 6.08 Å². The van der Waals surface area contributed by atoms with Gasteiger partial charge in [-0.05, 0) is 61.5 Å². The third kappa shape index (κ3) is 5.54. The lowest BCUT2D eigenvalue weighted by Gasteiger charge is -2.14. The number of benzene rings is 2. The summed E-state index contributed by atoms with van der Waals surface area (Å²) >= 11 is 0. The first-order valence-electron chi connectivity index (χ1n) is 8.97. The van der Waals surface area contributed by atoms with Crippen LogP contribution in [0.15, 0.2) is 71.2 Å². The Morgan fingerprint density at radius 1 is 1.00 bits per heavy atom. The molecule has 0 spiro atoms. The third-order valence-electron chi connectivity index (χ3n) is 3.97. The van der Waals surface area contributed by atoms with Crippen LogP contribution in [0.1, 0.15) is 12.7 Å². The number of halogens is 2. The molecule has 6 nitrogen and oxygen atoms in total. The molecule has 0 bridgehead atoms. The van der Waals surface area contributed by atoms with E-state index in [0.29, 0.717) is 22.8 Å². The van der Waals surface area contributed by atoms with E-state index in [1.54, 1.807) is 30.3 Å². The topological polar surface area (TPSA) is 80.6 Å². The van der Waals surface area contributed by atoms with Crippen molar-refractivity contribution in [2.75, 3.05) is 0 Å². The molecule has 1 aromatic heterocycles. The molecule has 0 unspecified atom stereocenters. The van der Waals surface area contributed by atoms with E-state index in [4.69, 9.17) is 9.15 Å². The number of amides is 2. The Morgan fingerprint density at radius 2 is 1.73 bits per heavy atom. The van der Waals surface area contributed by atoms with Gasteiger partial charge in [-0.2, -0.15) is 0 Å². The van der Waals surface area contributed by atoms with Gasteiger partial charge in [-0.1, -0.05) is 12.1 Å². The zero-order chi connectivity index (χ0) is 21.5. The van der Waals surface area contributed by atoms with Gasteiger partial charge in [0.1, 0.15) is 28.9 Å². The van der Waals surface area contributed by atoms with E-state index in [-0.39, 0.29) is 0 Å². The molecule has 1 heterocycles. The third-order valence-corrected chi connectivity index (χ3v) is 3.97. The number of hydrogen-bond donors (Lipinski definition) is 2. The fraction of sp³-hybridized carbons (Fsp3) is 0.0909. The zero-order valence-corrected chi connectivity index (χ0v) is 15.9. The molecule has 2 aromatic carbocycles. The lowest BCUT2D eigenvalue weighted by molar-refractivity contribution is -0.131. The van der Waals surface area contributed by atoms with Gasteiger partial charge in [0, 0.05) is 6.08 Å². The van der Waals surface area contributed by atoms with E-state index in [1.807, 2.05) is 0 Å². The molecule has 1 atom stereocenters. The largest absolute Gasteiger partial charge is 0.481 e. The molecule has 2 amide bonds. The number of carbonyl (C=O) groups is 2. The molecule has 0 fully saturated rings. The lowest BCUT2D eigenvalue weighted by Crippen LogP contribution is -2.46. The molecule has 0 saturated heterocycles. The van der Waals surface area contributed by atoms with E-state index < -0.39 is 29.6 Å². The average molecular weight is 412 g/mol. The number of furan rings is 1. The number of hydrogen-bond acceptors (Lipinski definition) is 4. The smallest absolute Gasteiger partial charge is 0.279 e. The van der Waals surface area contributed by atoms with E-state index in [2.05, 4.69) is 10.9 Å². The lowest BCUT2D eigenvalue weighted by atomic mass is 10.1. The van der Waals surface area contributed by atoms with Crippen LogP contribution in [0.3, 0.4) is 0 Å². The summed E-state index contributed by atoms with van der Waals surface area (Å²) in [6.45, 7) is 1.48. The highest BCUT2D eigenvalue weighted by atomic mass is 19.1. The zero-order valence-electron chi connectivity index (χ0n) is 15.9. The normalized spacial score (nSPS) is 11.8. The van der Waals surface area contributed by atoms with Crippen LogP contribution in [0.2, 0.25) is 0 Å². The summed E-state index contributed by atoms with van der Waals surface area (Å²) in [6, 6.07) is 14.5. The second-order valence-electron chi connectivity index (χ2n) is 6.21. The van der Waals surface area contributed by atoms with E-state index in [1.165, 1.54) is 43.3 Å². The molecule has 0 aliphatic rings. The van der Waals surface area contributed by atoms with Gasteiger partial charge in [0.25, 0.3) is 11.8 Å². The monoisotopic (exact) mass is 412 g/mol. The molecule has 3 aromatic rings. The van der Waals surface area contributed by atoms with Crippen molar-refractivity contribution >= 4 is 17.9 Å². The summed E-state index contributed by atoms with van der Waals surface area (Å²) in [5.74, 6) is -1.07. The molecule has 154 valence electrons. The van der Waals surface area contributed by atoms with Crippen molar-refractivity contribution in [1.29, 1.82) is 0 Å². The number of hydrazine groups is 1. The van der Waals surface area contributed by atoms with Gasteiger partial charge in [0.2, 0.25) is 0 Å². The Labute approximate surface area is 171 Å². The number of ether oxygens (including phenoxy) is 1. The first kappa shape index (κ1) is 20.8. The minimum absolute atomic E-state index is 0.309. The second kappa shape index (κ2) is 9.51. The maximum atomic E-state index is 13.8. The van der Waals surface area contributed by atoms with Crippen molar-refractivity contribution in [3.8, 4) is 17.1 Å². The van der Waals surface area contributed by atoms with Crippen LogP contribution in [0, 0.1) is 11.6 Å². The van der Waals surface area contributed by atoms with Crippen LogP contribution in [-0.2, 0) is 9.59 Å². The van der Waals surface area contributed by atoms with Crippen molar-refractivity contribution in [2.24, 2.45) is 0 Å². The fourth-order valence-corrected chi connectivity index (χ4v) is 2.44. The van der Waals surface area contributed by atoms with Gasteiger partial charge in [-0.25, -0.2) is 8.78 Å². The van der Waals surface area contributed by atoms with Crippen molar-refractivity contribution in [3.05, 3.63) is 84.1 Å². The highest BCUT2D eigenvalue weighted by Crippen LogP contribution is 2.25. The van der Waals surface area contributed by atoms with Gasteiger partial charge < -0.3 is 9.15 Å². The molecule has 30 heavy (non-hydrogen) atoms. The predicted molar refractivity (Wildman–Crippen MR) is 106 cm³/mol. The number of nitrogens with one attached hydrogen (secondary N) is 2. The molecular formula is C22H18F2N2O4. The van der Waals surface area contributed by atoms with Gasteiger partial charge in [-0.15, -0.1) is 0 Å². The molecule has 3 rings (SSSR count). The second-order valence-corrected chi connectivity index (χ2v) is 6.21. The molecule has 0 radical (unpaired) electrons. The maximum absolute atomic E-state index is 13.8. The average Bonchev–Trinajstić information content (AvgIpc) is 3.21. The van der Waals surface area contributed by atoms with Gasteiger partial charge >= 0.3 is 0 Å². The Morgan fingerprint density at radius 3 is 2.47 bits per heavy atom. The van der Waals surface area contributed by atoms with Crippen LogP contribution in [0.25, 0.3) is 17.4 Å². The van der Waals surface area contributed by atoms with E-state index >= 15 is 0 Å². The van der Waals surface area contributed by atoms with Crippen molar-refractivity contribution < 1.29 is 27.5 Å². The highest BCUT2D eigenvalue weighted by molar-refractivity contribution is 5.93. The molecule has 0 aliphatic heterocycles. The van der Waals surface area contributed by atoms with Crippen molar-refractivity contribution in [3.63, 3.8) is 0 Å². The van der Waals surface area contributed by atoms with Crippen molar-refractivity contribution in [2.45, 2.75) is 13.0 Å². The first-order chi connectivity index (χ1) is 14.4. The highest BCUT2D eigenvalue weighted by Gasteiger charge is 2.15. The molecule has 0 aliphatic carbocycles. The Balaban J connectivity index is 1.49. The summed E-state index contributed by atoms with van der Waals surface area (Å²) in [4.78, 5) is 23.9. The number of carbonyl (C=O) groups excluding carboxylic acids is 2. The van der Waals surface area contributed by atoms with Crippen LogP contribution in [0.5, 0.6) is 5.75 Å². The van der Waals surface area contributed by atoms with Crippen LogP contribution in [0.4, 0.5) is 8.78 Å². The predicted octanol–water partition coefficient (Wildman–Crippen LogP) is 3.85. The Kier molecular flexibility index (Phi) is 6.59. The quantitative estimate of drug-likeness (QED) is 0.476. The Bertz CT molecular complexity index is 1060.